The second-order valence-corrected chi connectivity index (χ2v) is 4.01. The smallest absolute Gasteiger partial charge is 0.156 e. The molecule has 0 saturated heterocycles. The first-order valence-electron chi connectivity index (χ1n) is 4.56. The van der Waals surface area contributed by atoms with Crippen molar-refractivity contribution in [1.29, 1.82) is 0 Å². The number of nitrogens with two attached hydrogens (primary N) is 1. The summed E-state index contributed by atoms with van der Waals surface area (Å²) < 4.78 is 0. The van der Waals surface area contributed by atoms with Crippen molar-refractivity contribution in [1.82, 2.24) is 5.32 Å². The standard InChI is InChI=1S/C9H15N3O2S/c1-6(9(10)12-14)11-4-8(13)7-2-3-15-5-7/h2-3,5-6,8,11,13-14H,4H2,1H3,(H2,10,12). The van der Waals surface area contributed by atoms with E-state index in [2.05, 4.69) is 10.5 Å². The number of aliphatic hydroxyl groups excluding tert-OH is 1. The maximum absolute atomic E-state index is 9.71. The second kappa shape index (κ2) is 5.69. The van der Waals surface area contributed by atoms with Crippen molar-refractivity contribution in [2.75, 3.05) is 6.54 Å². The zero-order chi connectivity index (χ0) is 11.3. The van der Waals surface area contributed by atoms with E-state index in [0.717, 1.165) is 5.56 Å². The maximum Gasteiger partial charge on any atom is 0.156 e. The fourth-order valence-electron chi connectivity index (χ4n) is 1.06. The molecule has 84 valence electrons. The van der Waals surface area contributed by atoms with Gasteiger partial charge < -0.3 is 21.4 Å². The minimum atomic E-state index is -0.565. The average molecular weight is 229 g/mol. The molecule has 0 bridgehead atoms. The van der Waals surface area contributed by atoms with E-state index in [1.165, 1.54) is 11.3 Å². The topological polar surface area (TPSA) is 90.9 Å². The highest BCUT2D eigenvalue weighted by Crippen LogP contribution is 2.15. The van der Waals surface area contributed by atoms with E-state index in [4.69, 9.17) is 10.9 Å². The third-order valence-electron chi connectivity index (χ3n) is 2.10. The molecule has 0 aliphatic heterocycles. The van der Waals surface area contributed by atoms with E-state index in [1.54, 1.807) is 6.92 Å². The van der Waals surface area contributed by atoms with Gasteiger partial charge >= 0.3 is 0 Å². The Kier molecular flexibility index (Phi) is 4.54. The number of nitrogens with zero attached hydrogens (tertiary/aromatic N) is 1. The predicted octanol–water partition coefficient (Wildman–Crippen LogP) is 0.506. The first-order valence-corrected chi connectivity index (χ1v) is 5.50. The second-order valence-electron chi connectivity index (χ2n) is 3.23. The quantitative estimate of drug-likeness (QED) is 0.256. The molecule has 6 heteroatoms. The van der Waals surface area contributed by atoms with Crippen LogP contribution in [0.2, 0.25) is 0 Å². The van der Waals surface area contributed by atoms with E-state index < -0.39 is 6.10 Å². The Morgan fingerprint density at radius 1 is 1.73 bits per heavy atom. The van der Waals surface area contributed by atoms with Gasteiger partial charge in [0.15, 0.2) is 5.84 Å². The molecule has 1 aromatic rings. The number of nitrogens with one attached hydrogen (secondary N) is 1. The van der Waals surface area contributed by atoms with Crippen LogP contribution in [0.1, 0.15) is 18.6 Å². The molecule has 5 N–H and O–H groups in total. The highest BCUT2D eigenvalue weighted by Gasteiger charge is 2.11. The van der Waals surface area contributed by atoms with Crippen molar-refractivity contribution < 1.29 is 10.3 Å². The molecule has 1 rings (SSSR count). The van der Waals surface area contributed by atoms with Gasteiger partial charge in [0, 0.05) is 6.54 Å². The predicted molar refractivity (Wildman–Crippen MR) is 60.2 cm³/mol. The highest BCUT2D eigenvalue weighted by molar-refractivity contribution is 7.07. The Bertz CT molecular complexity index is 313. The van der Waals surface area contributed by atoms with Gasteiger partial charge in [-0.05, 0) is 29.3 Å². The van der Waals surface area contributed by atoms with Gasteiger partial charge in [-0.15, -0.1) is 0 Å². The molecular formula is C9H15N3O2S. The van der Waals surface area contributed by atoms with Crippen molar-refractivity contribution >= 4 is 17.2 Å². The van der Waals surface area contributed by atoms with Gasteiger partial charge in [0.2, 0.25) is 0 Å². The SMILES string of the molecule is CC(NCC(O)c1ccsc1)/C(N)=N/O. The molecule has 1 heterocycles. The third-order valence-corrected chi connectivity index (χ3v) is 2.81. The number of hydrogen-bond donors (Lipinski definition) is 4. The monoisotopic (exact) mass is 229 g/mol. The lowest BCUT2D eigenvalue weighted by atomic mass is 10.2. The molecule has 0 aliphatic carbocycles. The van der Waals surface area contributed by atoms with Gasteiger partial charge in [0.25, 0.3) is 0 Å². The van der Waals surface area contributed by atoms with Crippen molar-refractivity contribution in [3.05, 3.63) is 22.4 Å². The van der Waals surface area contributed by atoms with Crippen LogP contribution in [-0.2, 0) is 0 Å². The van der Waals surface area contributed by atoms with Crippen molar-refractivity contribution in [3.63, 3.8) is 0 Å². The fourth-order valence-corrected chi connectivity index (χ4v) is 1.77. The highest BCUT2D eigenvalue weighted by atomic mass is 32.1. The van der Waals surface area contributed by atoms with E-state index in [9.17, 15) is 5.11 Å². The number of rotatable bonds is 5. The van der Waals surface area contributed by atoms with Gasteiger partial charge in [-0.1, -0.05) is 5.16 Å². The Balaban J connectivity index is 2.38. The minimum Gasteiger partial charge on any atom is -0.409 e. The molecule has 5 nitrogen and oxygen atoms in total. The molecule has 0 aliphatic rings. The van der Waals surface area contributed by atoms with Crippen molar-refractivity contribution in [3.8, 4) is 0 Å². The van der Waals surface area contributed by atoms with Gasteiger partial charge in [-0.2, -0.15) is 11.3 Å². The Morgan fingerprint density at radius 2 is 2.47 bits per heavy atom. The molecular weight excluding hydrogens is 214 g/mol. The molecule has 0 aromatic carbocycles. The van der Waals surface area contributed by atoms with Crippen LogP contribution in [0.5, 0.6) is 0 Å². The van der Waals surface area contributed by atoms with Gasteiger partial charge in [0.05, 0.1) is 12.1 Å². The van der Waals surface area contributed by atoms with E-state index in [0.29, 0.717) is 6.54 Å². The summed E-state index contributed by atoms with van der Waals surface area (Å²) >= 11 is 1.54. The summed E-state index contributed by atoms with van der Waals surface area (Å²) in [5.41, 5.74) is 6.25. The minimum absolute atomic E-state index is 0.104. The zero-order valence-electron chi connectivity index (χ0n) is 8.42. The molecule has 0 saturated carbocycles. The van der Waals surface area contributed by atoms with E-state index in [-0.39, 0.29) is 11.9 Å². The van der Waals surface area contributed by atoms with Gasteiger partial charge in [0.1, 0.15) is 0 Å². The first kappa shape index (κ1) is 12.0. The van der Waals surface area contributed by atoms with Crippen LogP contribution < -0.4 is 11.1 Å². The lowest BCUT2D eigenvalue weighted by molar-refractivity contribution is 0.174. The van der Waals surface area contributed by atoms with Crippen LogP contribution in [-0.4, -0.2) is 28.7 Å². The summed E-state index contributed by atoms with van der Waals surface area (Å²) in [6.07, 6.45) is -0.565. The van der Waals surface area contributed by atoms with Gasteiger partial charge in [-0.3, -0.25) is 0 Å². The normalized spacial score (nSPS) is 16.3. The van der Waals surface area contributed by atoms with Gasteiger partial charge in [-0.25, -0.2) is 0 Å². The lowest BCUT2D eigenvalue weighted by Crippen LogP contribution is -2.40. The van der Waals surface area contributed by atoms with Crippen LogP contribution in [0.25, 0.3) is 0 Å². The third kappa shape index (κ3) is 3.50. The first-order chi connectivity index (χ1) is 7.15. The molecule has 0 spiro atoms. The molecule has 15 heavy (non-hydrogen) atoms. The number of amidine groups is 1. The molecule has 0 radical (unpaired) electrons. The summed E-state index contributed by atoms with van der Waals surface area (Å²) in [4.78, 5) is 0. The van der Waals surface area contributed by atoms with Crippen LogP contribution in [0.15, 0.2) is 22.0 Å². The summed E-state index contributed by atoms with van der Waals surface area (Å²) in [5, 5.41) is 27.8. The summed E-state index contributed by atoms with van der Waals surface area (Å²) in [7, 11) is 0. The van der Waals surface area contributed by atoms with Crippen LogP contribution in [0.3, 0.4) is 0 Å². The maximum atomic E-state index is 9.71. The van der Waals surface area contributed by atoms with E-state index in [1.807, 2.05) is 16.8 Å². The van der Waals surface area contributed by atoms with Crippen LogP contribution >= 0.6 is 11.3 Å². The lowest BCUT2D eigenvalue weighted by Gasteiger charge is -2.15. The number of thiophene rings is 1. The summed E-state index contributed by atoms with van der Waals surface area (Å²) in [5.74, 6) is 0.104. The zero-order valence-corrected chi connectivity index (χ0v) is 9.24. The van der Waals surface area contributed by atoms with Crippen LogP contribution in [0, 0.1) is 0 Å². The average Bonchev–Trinajstić information content (AvgIpc) is 2.77. The molecule has 2 unspecified atom stereocenters. The Labute approximate surface area is 92.2 Å². The molecule has 0 fully saturated rings. The van der Waals surface area contributed by atoms with E-state index >= 15 is 0 Å². The van der Waals surface area contributed by atoms with Crippen molar-refractivity contribution in [2.24, 2.45) is 10.9 Å². The fraction of sp³-hybridized carbons (Fsp3) is 0.444. The molecule has 1 aromatic heterocycles. The number of aliphatic hydroxyl groups is 1. The molecule has 2 atom stereocenters. The Morgan fingerprint density at radius 3 is 3.00 bits per heavy atom. The number of oxime groups is 1. The molecule has 0 amide bonds. The van der Waals surface area contributed by atoms with Crippen molar-refractivity contribution in [2.45, 2.75) is 19.1 Å². The Hall–Kier alpha value is -1.11. The van der Waals surface area contributed by atoms with Crippen LogP contribution in [0.4, 0.5) is 0 Å². The largest absolute Gasteiger partial charge is 0.409 e. The summed E-state index contributed by atoms with van der Waals surface area (Å²) in [6, 6.07) is 1.61. The number of hydrogen-bond acceptors (Lipinski definition) is 5. The summed E-state index contributed by atoms with van der Waals surface area (Å²) in [6.45, 7) is 2.13.